The maximum Gasteiger partial charge on any atom is 0.435 e. The highest BCUT2D eigenvalue weighted by molar-refractivity contribution is 7.90. The fraction of sp³-hybridized carbons (Fsp3) is 0.150. The van der Waals surface area contributed by atoms with Gasteiger partial charge in [-0.1, -0.05) is 12.1 Å². The van der Waals surface area contributed by atoms with Gasteiger partial charge in [0.25, 0.3) is 0 Å². The van der Waals surface area contributed by atoms with Crippen LogP contribution < -0.4 is 0 Å². The summed E-state index contributed by atoms with van der Waals surface area (Å²) < 4.78 is 64.5. The number of thiazole rings is 1. The van der Waals surface area contributed by atoms with Crippen molar-refractivity contribution in [2.75, 3.05) is 6.26 Å². The van der Waals surface area contributed by atoms with Gasteiger partial charge in [0.2, 0.25) is 0 Å². The second-order valence-corrected chi connectivity index (χ2v) is 9.75. The maximum absolute atomic E-state index is 13.4. The van der Waals surface area contributed by atoms with E-state index in [1.807, 2.05) is 13.0 Å². The maximum atomic E-state index is 13.4. The molecule has 31 heavy (non-hydrogen) atoms. The number of aryl methyl sites for hydroxylation is 1. The first kappa shape index (κ1) is 21.2. The molecule has 1 aromatic carbocycles. The highest BCUT2D eigenvalue weighted by Gasteiger charge is 2.35. The third-order valence-corrected chi connectivity index (χ3v) is 6.49. The van der Waals surface area contributed by atoms with Crippen molar-refractivity contribution in [2.45, 2.75) is 18.0 Å². The molecule has 0 atom stereocenters. The molecule has 3 heterocycles. The largest absolute Gasteiger partial charge is 0.435 e. The number of alkyl halides is 3. The summed E-state index contributed by atoms with van der Waals surface area (Å²) in [6.07, 6.45) is -0.796. The van der Waals surface area contributed by atoms with E-state index >= 15 is 0 Å². The first-order chi connectivity index (χ1) is 14.5. The molecule has 4 rings (SSSR count). The van der Waals surface area contributed by atoms with E-state index in [1.54, 1.807) is 23.8 Å². The summed E-state index contributed by atoms with van der Waals surface area (Å²) in [5, 5.41) is 3.69. The molecule has 0 saturated carbocycles. The summed E-state index contributed by atoms with van der Waals surface area (Å²) in [6.45, 7) is 1.86. The van der Waals surface area contributed by atoms with Crippen molar-refractivity contribution >= 4 is 21.2 Å². The summed E-state index contributed by atoms with van der Waals surface area (Å²) in [5.41, 5.74) is 3.14. The first-order valence-corrected chi connectivity index (χ1v) is 11.6. The van der Waals surface area contributed by atoms with Gasteiger partial charge in [-0.2, -0.15) is 18.3 Å². The zero-order valence-corrected chi connectivity index (χ0v) is 17.9. The van der Waals surface area contributed by atoms with Crippen molar-refractivity contribution in [1.29, 1.82) is 0 Å². The molecule has 3 aromatic heterocycles. The molecule has 4 aromatic rings. The minimum Gasteiger partial charge on any atom is -0.252 e. The molecule has 11 heteroatoms. The van der Waals surface area contributed by atoms with E-state index in [4.69, 9.17) is 0 Å². The quantitative estimate of drug-likeness (QED) is 0.434. The Morgan fingerprint density at radius 2 is 1.84 bits per heavy atom. The number of hydrogen-bond donors (Lipinski definition) is 0. The van der Waals surface area contributed by atoms with Crippen LogP contribution >= 0.6 is 11.3 Å². The van der Waals surface area contributed by atoms with Crippen molar-refractivity contribution in [1.82, 2.24) is 19.7 Å². The Balaban J connectivity index is 1.84. The van der Waals surface area contributed by atoms with E-state index in [-0.39, 0.29) is 16.4 Å². The zero-order chi connectivity index (χ0) is 22.4. The Kier molecular flexibility index (Phi) is 5.18. The van der Waals surface area contributed by atoms with E-state index in [0.29, 0.717) is 5.56 Å². The lowest BCUT2D eigenvalue weighted by Gasteiger charge is -2.10. The van der Waals surface area contributed by atoms with Crippen molar-refractivity contribution < 1.29 is 21.6 Å². The topological polar surface area (TPSA) is 77.7 Å². The number of halogens is 3. The molecule has 6 nitrogen and oxygen atoms in total. The van der Waals surface area contributed by atoms with E-state index in [0.717, 1.165) is 39.2 Å². The van der Waals surface area contributed by atoms with Crippen LogP contribution in [-0.2, 0) is 16.0 Å². The molecule has 0 aliphatic heterocycles. The smallest absolute Gasteiger partial charge is 0.252 e. The molecule has 0 aliphatic rings. The van der Waals surface area contributed by atoms with Gasteiger partial charge in [-0.3, -0.25) is 4.98 Å². The summed E-state index contributed by atoms with van der Waals surface area (Å²) in [6, 6.07) is 8.87. The first-order valence-electron chi connectivity index (χ1n) is 8.87. The average molecular weight is 464 g/mol. The minimum atomic E-state index is -4.65. The van der Waals surface area contributed by atoms with Crippen LogP contribution in [0.5, 0.6) is 0 Å². The lowest BCUT2D eigenvalue weighted by Crippen LogP contribution is -2.08. The molecular weight excluding hydrogens is 449 g/mol. The minimum absolute atomic E-state index is 0.0363. The molecule has 0 spiro atoms. The summed E-state index contributed by atoms with van der Waals surface area (Å²) >= 11 is 1.47. The normalized spacial score (nSPS) is 12.3. The molecule has 0 fully saturated rings. The molecule has 0 bridgehead atoms. The van der Waals surface area contributed by atoms with E-state index < -0.39 is 21.7 Å². The van der Waals surface area contributed by atoms with Crippen molar-refractivity contribution in [3.63, 3.8) is 0 Å². The second-order valence-electron chi connectivity index (χ2n) is 6.84. The monoisotopic (exact) mass is 464 g/mol. The Hall–Kier alpha value is -3.05. The Labute approximate surface area is 180 Å². The van der Waals surface area contributed by atoms with Crippen molar-refractivity contribution in [3.05, 3.63) is 65.6 Å². The third kappa shape index (κ3) is 4.23. The van der Waals surface area contributed by atoms with Crippen LogP contribution in [0.1, 0.15) is 11.3 Å². The van der Waals surface area contributed by atoms with Gasteiger partial charge in [0, 0.05) is 24.2 Å². The molecule has 160 valence electrons. The number of pyridine rings is 1. The van der Waals surface area contributed by atoms with Crippen LogP contribution in [-0.4, -0.2) is 34.4 Å². The highest BCUT2D eigenvalue weighted by atomic mass is 32.2. The van der Waals surface area contributed by atoms with Crippen molar-refractivity contribution in [3.8, 4) is 27.5 Å². The predicted molar refractivity (Wildman–Crippen MR) is 111 cm³/mol. The van der Waals surface area contributed by atoms with E-state index in [9.17, 15) is 21.6 Å². The van der Waals surface area contributed by atoms with Crippen LogP contribution in [0.3, 0.4) is 0 Å². The summed E-state index contributed by atoms with van der Waals surface area (Å²) in [4.78, 5) is 9.00. The Bertz CT molecular complexity index is 1340. The molecule has 0 radical (unpaired) electrons. The number of rotatable bonds is 4. The van der Waals surface area contributed by atoms with Crippen LogP contribution in [0.4, 0.5) is 13.2 Å². The number of nitrogens with zero attached hydrogens (tertiary/aromatic N) is 4. The second kappa shape index (κ2) is 7.57. The number of aromatic nitrogens is 4. The molecule has 0 saturated heterocycles. The standard InChI is InChI=1S/C20H15F3N4O2S2/c1-12-7-13(3-5-15(12)17-10-24-11-30-17)16-8-18(20(21,22)23)26-27(16)19-6-4-14(9-25-19)31(2,28)29/h3-11H,1-2H3. The zero-order valence-electron chi connectivity index (χ0n) is 16.3. The predicted octanol–water partition coefficient (Wildman–Crippen LogP) is 4.79. The SMILES string of the molecule is Cc1cc(-c2cc(C(F)(F)F)nn2-c2ccc(S(C)(=O)=O)cn2)ccc1-c1cncs1. The lowest BCUT2D eigenvalue weighted by molar-refractivity contribution is -0.141. The van der Waals surface area contributed by atoms with Crippen LogP contribution in [0.2, 0.25) is 0 Å². The van der Waals surface area contributed by atoms with Crippen LogP contribution in [0, 0.1) is 6.92 Å². The van der Waals surface area contributed by atoms with Gasteiger partial charge in [0.1, 0.15) is 0 Å². The van der Waals surface area contributed by atoms with E-state index in [2.05, 4.69) is 15.1 Å². The van der Waals surface area contributed by atoms with Gasteiger partial charge in [-0.15, -0.1) is 11.3 Å². The highest BCUT2D eigenvalue weighted by Crippen LogP contribution is 2.35. The average Bonchev–Trinajstić information content (AvgIpc) is 3.37. The number of sulfone groups is 1. The van der Waals surface area contributed by atoms with Gasteiger partial charge in [-0.05, 0) is 42.3 Å². The number of hydrogen-bond acceptors (Lipinski definition) is 6. The lowest BCUT2D eigenvalue weighted by atomic mass is 10.0. The molecule has 0 unspecified atom stereocenters. The third-order valence-electron chi connectivity index (χ3n) is 4.59. The molecule has 0 N–H and O–H groups in total. The van der Waals surface area contributed by atoms with Gasteiger partial charge in [-0.25, -0.2) is 18.1 Å². The molecule has 0 aliphatic carbocycles. The number of benzene rings is 1. The van der Waals surface area contributed by atoms with E-state index in [1.165, 1.54) is 23.5 Å². The fourth-order valence-corrected chi connectivity index (χ4v) is 4.34. The van der Waals surface area contributed by atoms with Gasteiger partial charge in [0.05, 0.1) is 21.0 Å². The van der Waals surface area contributed by atoms with Crippen LogP contribution in [0.25, 0.3) is 27.5 Å². The van der Waals surface area contributed by atoms with Gasteiger partial charge in [0.15, 0.2) is 21.3 Å². The van der Waals surface area contributed by atoms with Gasteiger partial charge >= 0.3 is 6.18 Å². The fourth-order valence-electron chi connectivity index (χ4n) is 3.07. The summed E-state index contributed by atoms with van der Waals surface area (Å²) in [5.74, 6) is 0.0714. The molecular formula is C20H15F3N4O2S2. The Morgan fingerprint density at radius 1 is 1.06 bits per heavy atom. The Morgan fingerprint density at radius 3 is 2.39 bits per heavy atom. The van der Waals surface area contributed by atoms with Crippen molar-refractivity contribution in [2.24, 2.45) is 0 Å². The molecule has 0 amide bonds. The van der Waals surface area contributed by atoms with Crippen LogP contribution in [0.15, 0.2) is 59.2 Å². The summed E-state index contributed by atoms with van der Waals surface area (Å²) in [7, 11) is -3.49. The van der Waals surface area contributed by atoms with Gasteiger partial charge < -0.3 is 0 Å².